The van der Waals surface area contributed by atoms with Gasteiger partial charge in [0.2, 0.25) is 0 Å². The molecule has 298 valence electrons. The van der Waals surface area contributed by atoms with E-state index < -0.39 is 0 Å². The largest absolute Gasteiger partial charge is 0.309 e. The van der Waals surface area contributed by atoms with E-state index in [0.29, 0.717) is 17.5 Å². The first-order valence-corrected chi connectivity index (χ1v) is 21.7. The summed E-state index contributed by atoms with van der Waals surface area (Å²) in [5, 5.41) is 9.57. The van der Waals surface area contributed by atoms with Crippen LogP contribution < -0.4 is 0 Å². The Labute approximate surface area is 368 Å². The summed E-state index contributed by atoms with van der Waals surface area (Å²) >= 11 is 0. The Kier molecular flexibility index (Phi) is 8.15. The van der Waals surface area contributed by atoms with E-state index in [9.17, 15) is 0 Å². The van der Waals surface area contributed by atoms with Gasteiger partial charge >= 0.3 is 0 Å². The van der Waals surface area contributed by atoms with Gasteiger partial charge in [-0.2, -0.15) is 0 Å². The van der Waals surface area contributed by atoms with Crippen LogP contribution >= 0.6 is 0 Å². The molecule has 0 saturated heterocycles. The Bertz CT molecular complexity index is 3870. The number of nitrogens with zero attached hydrogens (tertiary/aromatic N) is 5. The standard InChI is InChI=1S/C59H37N5/c1-4-16-38(17-5-1)39-28-31-45(32-29-39)63-52-33-30-40-18-10-13-25-47(40)56(52)50-36-49-48-26-14-15-27-51(48)64(54(49)37-55(50)63)53-35-44(34-43-23-11-12-24-46(43)53)59-61-57(41-19-6-2-7-20-41)60-58(62-59)42-21-8-3-9-22-42/h1-37H. The summed E-state index contributed by atoms with van der Waals surface area (Å²) in [7, 11) is 0. The fraction of sp³-hybridized carbons (Fsp3) is 0. The molecule has 64 heavy (non-hydrogen) atoms. The van der Waals surface area contributed by atoms with E-state index in [1.165, 1.54) is 49.0 Å². The van der Waals surface area contributed by atoms with Crippen LogP contribution in [0.2, 0.25) is 0 Å². The fourth-order valence-electron chi connectivity index (χ4n) is 9.76. The van der Waals surface area contributed by atoms with Gasteiger partial charge in [0.05, 0.1) is 27.8 Å². The molecule has 0 spiro atoms. The quantitative estimate of drug-likeness (QED) is 0.168. The molecule has 0 bridgehead atoms. The predicted molar refractivity (Wildman–Crippen MR) is 265 cm³/mol. The lowest BCUT2D eigenvalue weighted by Crippen LogP contribution is -2.02. The van der Waals surface area contributed by atoms with Gasteiger partial charge in [0, 0.05) is 49.3 Å². The SMILES string of the molecule is c1ccc(-c2ccc(-n3c4cc5c(cc4c4c6ccccc6ccc43)c3ccccc3n5-c3cc(-c4nc(-c5ccccc5)nc(-c5ccccc5)n4)cc4ccccc34)cc2)cc1. The highest BCUT2D eigenvalue weighted by Gasteiger charge is 2.22. The minimum absolute atomic E-state index is 0.619. The van der Waals surface area contributed by atoms with E-state index in [-0.39, 0.29) is 0 Å². The molecule has 5 nitrogen and oxygen atoms in total. The Hall–Kier alpha value is -8.67. The number of para-hydroxylation sites is 1. The van der Waals surface area contributed by atoms with Crippen LogP contribution in [0.4, 0.5) is 0 Å². The number of fused-ring (bicyclic) bond motifs is 9. The van der Waals surface area contributed by atoms with Gasteiger partial charge < -0.3 is 9.13 Å². The smallest absolute Gasteiger partial charge is 0.164 e. The third-order valence-electron chi connectivity index (χ3n) is 12.7. The molecule has 0 atom stereocenters. The van der Waals surface area contributed by atoms with Crippen LogP contribution in [0, 0.1) is 0 Å². The molecule has 5 heteroatoms. The van der Waals surface area contributed by atoms with Gasteiger partial charge in [-0.25, -0.2) is 15.0 Å². The number of aromatic nitrogens is 5. The van der Waals surface area contributed by atoms with E-state index in [0.717, 1.165) is 55.4 Å². The molecule has 3 heterocycles. The molecule has 0 radical (unpaired) electrons. The summed E-state index contributed by atoms with van der Waals surface area (Å²) in [6, 6.07) is 80.0. The van der Waals surface area contributed by atoms with Gasteiger partial charge in [0.1, 0.15) is 0 Å². The second kappa shape index (κ2) is 14.5. The second-order valence-electron chi connectivity index (χ2n) is 16.4. The van der Waals surface area contributed by atoms with Gasteiger partial charge in [0.25, 0.3) is 0 Å². The van der Waals surface area contributed by atoms with Crippen LogP contribution in [0.25, 0.3) is 122 Å². The van der Waals surface area contributed by atoms with E-state index in [1.54, 1.807) is 0 Å². The normalized spacial score (nSPS) is 11.8. The van der Waals surface area contributed by atoms with Crippen LogP contribution in [0.15, 0.2) is 224 Å². The van der Waals surface area contributed by atoms with Crippen molar-refractivity contribution in [3.05, 3.63) is 224 Å². The van der Waals surface area contributed by atoms with Crippen molar-refractivity contribution in [2.75, 3.05) is 0 Å². The van der Waals surface area contributed by atoms with Gasteiger partial charge in [-0.15, -0.1) is 0 Å². The Balaban J connectivity index is 1.10. The number of hydrogen-bond donors (Lipinski definition) is 0. The highest BCUT2D eigenvalue weighted by Crippen LogP contribution is 2.43. The minimum Gasteiger partial charge on any atom is -0.309 e. The van der Waals surface area contributed by atoms with Gasteiger partial charge in [-0.05, 0) is 75.8 Å². The summed E-state index contributed by atoms with van der Waals surface area (Å²) < 4.78 is 4.90. The molecule has 0 saturated carbocycles. The number of rotatable bonds is 6. The molecular formula is C59H37N5. The van der Waals surface area contributed by atoms with Crippen LogP contribution in [0.3, 0.4) is 0 Å². The molecular weight excluding hydrogens is 779 g/mol. The van der Waals surface area contributed by atoms with Crippen LogP contribution in [-0.4, -0.2) is 24.1 Å². The van der Waals surface area contributed by atoms with Gasteiger partial charge in [0.15, 0.2) is 17.5 Å². The van der Waals surface area contributed by atoms with Crippen molar-refractivity contribution in [3.63, 3.8) is 0 Å². The molecule has 3 aromatic heterocycles. The predicted octanol–water partition coefficient (Wildman–Crippen LogP) is 15.0. The number of hydrogen-bond acceptors (Lipinski definition) is 3. The van der Waals surface area contributed by atoms with Crippen molar-refractivity contribution in [1.29, 1.82) is 0 Å². The zero-order valence-electron chi connectivity index (χ0n) is 34.6. The maximum absolute atomic E-state index is 5.18. The summed E-state index contributed by atoms with van der Waals surface area (Å²) in [5.74, 6) is 1.89. The van der Waals surface area contributed by atoms with Gasteiger partial charge in [-0.1, -0.05) is 176 Å². The van der Waals surface area contributed by atoms with Gasteiger partial charge in [-0.3, -0.25) is 0 Å². The van der Waals surface area contributed by atoms with Crippen molar-refractivity contribution in [2.24, 2.45) is 0 Å². The van der Waals surface area contributed by atoms with Crippen molar-refractivity contribution in [2.45, 2.75) is 0 Å². The molecule has 0 amide bonds. The Morgan fingerprint density at radius 2 is 0.797 bits per heavy atom. The summed E-state index contributed by atoms with van der Waals surface area (Å²) in [6.45, 7) is 0. The van der Waals surface area contributed by atoms with Crippen molar-refractivity contribution in [3.8, 4) is 56.7 Å². The lowest BCUT2D eigenvalue weighted by Gasteiger charge is -2.15. The zero-order valence-corrected chi connectivity index (χ0v) is 34.6. The summed E-state index contributed by atoms with van der Waals surface area (Å²) in [5.41, 5.74) is 11.9. The zero-order chi connectivity index (χ0) is 42.1. The molecule has 0 fully saturated rings. The minimum atomic E-state index is 0.619. The summed E-state index contributed by atoms with van der Waals surface area (Å²) in [4.78, 5) is 15.4. The monoisotopic (exact) mass is 815 g/mol. The van der Waals surface area contributed by atoms with Crippen LogP contribution in [0.1, 0.15) is 0 Å². The second-order valence-corrected chi connectivity index (χ2v) is 16.4. The number of benzene rings is 10. The summed E-state index contributed by atoms with van der Waals surface area (Å²) in [6.07, 6.45) is 0. The third kappa shape index (κ3) is 5.75. The molecule has 13 aromatic rings. The van der Waals surface area contributed by atoms with E-state index in [1.807, 2.05) is 36.4 Å². The lowest BCUT2D eigenvalue weighted by molar-refractivity contribution is 1.07. The first-order chi connectivity index (χ1) is 31.7. The van der Waals surface area contributed by atoms with E-state index >= 15 is 0 Å². The Morgan fingerprint density at radius 3 is 1.48 bits per heavy atom. The first kappa shape index (κ1) is 36.0. The molecule has 0 aliphatic heterocycles. The molecule has 10 aromatic carbocycles. The average Bonchev–Trinajstić information content (AvgIpc) is 3.88. The molecule has 0 aliphatic carbocycles. The fourth-order valence-corrected chi connectivity index (χ4v) is 9.76. The van der Waals surface area contributed by atoms with Crippen molar-refractivity contribution in [1.82, 2.24) is 24.1 Å². The van der Waals surface area contributed by atoms with E-state index in [2.05, 4.69) is 197 Å². The highest BCUT2D eigenvalue weighted by atomic mass is 15.0. The lowest BCUT2D eigenvalue weighted by atomic mass is 10.0. The van der Waals surface area contributed by atoms with Crippen LogP contribution in [0.5, 0.6) is 0 Å². The van der Waals surface area contributed by atoms with Crippen molar-refractivity contribution < 1.29 is 0 Å². The highest BCUT2D eigenvalue weighted by molar-refractivity contribution is 6.25. The third-order valence-corrected chi connectivity index (χ3v) is 12.7. The molecule has 13 rings (SSSR count). The molecule has 0 N–H and O–H groups in total. The molecule has 0 aliphatic rings. The Morgan fingerprint density at radius 1 is 0.266 bits per heavy atom. The topological polar surface area (TPSA) is 48.5 Å². The first-order valence-electron chi connectivity index (χ1n) is 21.7. The average molecular weight is 816 g/mol. The maximum atomic E-state index is 5.18. The van der Waals surface area contributed by atoms with Crippen molar-refractivity contribution >= 4 is 65.2 Å². The van der Waals surface area contributed by atoms with E-state index in [4.69, 9.17) is 15.0 Å². The van der Waals surface area contributed by atoms with Crippen LogP contribution in [-0.2, 0) is 0 Å². The maximum Gasteiger partial charge on any atom is 0.164 e. The molecule has 0 unspecified atom stereocenters.